The first-order valence-electron chi connectivity index (χ1n) is 5.38. The van der Waals surface area contributed by atoms with E-state index in [1.807, 2.05) is 0 Å². The van der Waals surface area contributed by atoms with Crippen molar-refractivity contribution in [3.8, 4) is 0 Å². The lowest BCUT2D eigenvalue weighted by Crippen LogP contribution is -2.13. The monoisotopic (exact) mass is 270 g/mol. The van der Waals surface area contributed by atoms with Crippen molar-refractivity contribution in [2.75, 3.05) is 5.33 Å². The molecule has 0 saturated carbocycles. The molecular formula is C13H19BrO. The van der Waals surface area contributed by atoms with Crippen LogP contribution in [-0.4, -0.2) is 16.5 Å². The van der Waals surface area contributed by atoms with Crippen LogP contribution < -0.4 is 0 Å². The molecule has 0 aliphatic heterocycles. The third-order valence-corrected chi connectivity index (χ3v) is 3.30. The standard InChI is InChI=1S/C13H19BrO/c1-9(2)13-5-4-10(3)6-11(13)7-12(15)8-14/h4-6,9,12,15H,7-8H2,1-3H3/t12-/m1/s1. The maximum Gasteiger partial charge on any atom is 0.0677 e. The molecule has 0 aromatic heterocycles. The lowest BCUT2D eigenvalue weighted by Gasteiger charge is -2.15. The highest BCUT2D eigenvalue weighted by molar-refractivity contribution is 9.09. The van der Waals surface area contributed by atoms with Gasteiger partial charge in [0.15, 0.2) is 0 Å². The summed E-state index contributed by atoms with van der Waals surface area (Å²) in [5, 5.41) is 10.3. The minimum atomic E-state index is -0.288. The Kier molecular flexibility index (Phi) is 4.81. The molecular weight excluding hydrogens is 252 g/mol. The Hall–Kier alpha value is -0.340. The Morgan fingerprint density at radius 1 is 1.33 bits per heavy atom. The molecule has 1 rings (SSSR count). The van der Waals surface area contributed by atoms with E-state index in [0.717, 1.165) is 6.42 Å². The summed E-state index contributed by atoms with van der Waals surface area (Å²) in [7, 11) is 0. The Labute approximate surface area is 101 Å². The normalized spacial score (nSPS) is 13.2. The molecule has 1 N–H and O–H groups in total. The van der Waals surface area contributed by atoms with Crippen LogP contribution in [0, 0.1) is 6.92 Å². The first-order valence-corrected chi connectivity index (χ1v) is 6.50. The summed E-state index contributed by atoms with van der Waals surface area (Å²) in [5.41, 5.74) is 3.88. The molecule has 2 heteroatoms. The zero-order valence-corrected chi connectivity index (χ0v) is 11.2. The number of aliphatic hydroxyl groups is 1. The maximum atomic E-state index is 9.66. The Balaban J connectivity index is 2.96. The van der Waals surface area contributed by atoms with Crippen LogP contribution in [0.1, 0.15) is 36.5 Å². The first kappa shape index (κ1) is 12.7. The smallest absolute Gasteiger partial charge is 0.0677 e. The molecule has 0 heterocycles. The van der Waals surface area contributed by atoms with Crippen LogP contribution in [-0.2, 0) is 6.42 Å². The largest absolute Gasteiger partial charge is 0.392 e. The van der Waals surface area contributed by atoms with Crippen molar-refractivity contribution in [1.29, 1.82) is 0 Å². The van der Waals surface area contributed by atoms with Gasteiger partial charge in [0.1, 0.15) is 0 Å². The lowest BCUT2D eigenvalue weighted by atomic mass is 9.92. The number of benzene rings is 1. The van der Waals surface area contributed by atoms with Gasteiger partial charge in [-0.25, -0.2) is 0 Å². The van der Waals surface area contributed by atoms with E-state index >= 15 is 0 Å². The van der Waals surface area contributed by atoms with Crippen LogP contribution >= 0.6 is 15.9 Å². The second-order valence-corrected chi connectivity index (χ2v) is 5.02. The predicted molar refractivity (Wildman–Crippen MR) is 68.8 cm³/mol. The van der Waals surface area contributed by atoms with Crippen molar-refractivity contribution in [2.24, 2.45) is 0 Å². The van der Waals surface area contributed by atoms with Crippen molar-refractivity contribution in [3.05, 3.63) is 34.9 Å². The molecule has 0 fully saturated rings. The Morgan fingerprint density at radius 2 is 2.00 bits per heavy atom. The minimum absolute atomic E-state index is 0.288. The summed E-state index contributed by atoms with van der Waals surface area (Å²) in [6.07, 6.45) is 0.449. The number of aliphatic hydroxyl groups excluding tert-OH is 1. The quantitative estimate of drug-likeness (QED) is 0.832. The Bertz CT molecular complexity index is 320. The van der Waals surface area contributed by atoms with E-state index in [-0.39, 0.29) is 6.10 Å². The number of halogens is 1. The first-order chi connectivity index (χ1) is 7.04. The van der Waals surface area contributed by atoms with E-state index in [1.54, 1.807) is 0 Å². The topological polar surface area (TPSA) is 20.2 Å². The van der Waals surface area contributed by atoms with Gasteiger partial charge in [-0.15, -0.1) is 0 Å². The molecule has 0 radical (unpaired) electrons. The summed E-state index contributed by atoms with van der Waals surface area (Å²) >= 11 is 3.30. The molecule has 84 valence electrons. The highest BCUT2D eigenvalue weighted by Crippen LogP contribution is 2.22. The van der Waals surface area contributed by atoms with Crippen LogP contribution in [0.25, 0.3) is 0 Å². The van der Waals surface area contributed by atoms with E-state index in [9.17, 15) is 5.11 Å². The van der Waals surface area contributed by atoms with E-state index in [0.29, 0.717) is 11.2 Å². The SMILES string of the molecule is Cc1ccc(C(C)C)c(C[C@@H](O)CBr)c1. The molecule has 0 aliphatic rings. The average molecular weight is 271 g/mol. The van der Waals surface area contributed by atoms with E-state index < -0.39 is 0 Å². The summed E-state index contributed by atoms with van der Waals surface area (Å²) in [4.78, 5) is 0. The molecule has 1 nitrogen and oxygen atoms in total. The van der Waals surface area contributed by atoms with E-state index in [2.05, 4.69) is 54.9 Å². The van der Waals surface area contributed by atoms with Gasteiger partial charge in [0.25, 0.3) is 0 Å². The molecule has 15 heavy (non-hydrogen) atoms. The fraction of sp³-hybridized carbons (Fsp3) is 0.538. The number of rotatable bonds is 4. The van der Waals surface area contributed by atoms with Gasteiger partial charge in [0.05, 0.1) is 6.10 Å². The second-order valence-electron chi connectivity index (χ2n) is 4.37. The molecule has 0 bridgehead atoms. The molecule has 0 spiro atoms. The fourth-order valence-corrected chi connectivity index (χ4v) is 2.01. The summed E-state index contributed by atoms with van der Waals surface area (Å²) < 4.78 is 0. The second kappa shape index (κ2) is 5.66. The van der Waals surface area contributed by atoms with Gasteiger partial charge in [-0.3, -0.25) is 0 Å². The molecule has 0 saturated heterocycles. The molecule has 1 atom stereocenters. The van der Waals surface area contributed by atoms with Crippen LogP contribution in [0.3, 0.4) is 0 Å². The van der Waals surface area contributed by atoms with Crippen LogP contribution in [0.15, 0.2) is 18.2 Å². The van der Waals surface area contributed by atoms with Gasteiger partial charge in [-0.1, -0.05) is 53.5 Å². The highest BCUT2D eigenvalue weighted by atomic mass is 79.9. The van der Waals surface area contributed by atoms with E-state index in [4.69, 9.17) is 0 Å². The van der Waals surface area contributed by atoms with Crippen LogP contribution in [0.2, 0.25) is 0 Å². The molecule has 0 amide bonds. The third-order valence-electron chi connectivity index (χ3n) is 2.55. The van der Waals surface area contributed by atoms with Gasteiger partial charge in [0.2, 0.25) is 0 Å². The lowest BCUT2D eigenvalue weighted by molar-refractivity contribution is 0.201. The Morgan fingerprint density at radius 3 is 2.53 bits per heavy atom. The van der Waals surface area contributed by atoms with Gasteiger partial charge in [-0.2, -0.15) is 0 Å². The number of hydrogen-bond acceptors (Lipinski definition) is 1. The summed E-state index contributed by atoms with van der Waals surface area (Å²) in [6, 6.07) is 6.50. The van der Waals surface area contributed by atoms with Gasteiger partial charge in [-0.05, 0) is 30.4 Å². The summed E-state index contributed by atoms with van der Waals surface area (Å²) in [6.45, 7) is 6.47. The third kappa shape index (κ3) is 3.62. The zero-order chi connectivity index (χ0) is 11.4. The fourth-order valence-electron chi connectivity index (χ4n) is 1.78. The highest BCUT2D eigenvalue weighted by Gasteiger charge is 2.10. The molecule has 1 aromatic carbocycles. The van der Waals surface area contributed by atoms with Crippen LogP contribution in [0.5, 0.6) is 0 Å². The number of alkyl halides is 1. The zero-order valence-electron chi connectivity index (χ0n) is 9.63. The maximum absolute atomic E-state index is 9.66. The average Bonchev–Trinajstić information content (AvgIpc) is 2.17. The van der Waals surface area contributed by atoms with E-state index in [1.165, 1.54) is 16.7 Å². The van der Waals surface area contributed by atoms with Crippen molar-refractivity contribution in [3.63, 3.8) is 0 Å². The van der Waals surface area contributed by atoms with Crippen molar-refractivity contribution >= 4 is 15.9 Å². The number of aryl methyl sites for hydroxylation is 1. The van der Waals surface area contributed by atoms with Crippen molar-refractivity contribution in [2.45, 2.75) is 39.2 Å². The van der Waals surface area contributed by atoms with Crippen molar-refractivity contribution < 1.29 is 5.11 Å². The number of hydrogen-bond donors (Lipinski definition) is 1. The predicted octanol–water partition coefficient (Wildman–Crippen LogP) is 3.42. The minimum Gasteiger partial charge on any atom is -0.392 e. The summed E-state index contributed by atoms with van der Waals surface area (Å²) in [5.74, 6) is 0.517. The van der Waals surface area contributed by atoms with Gasteiger partial charge >= 0.3 is 0 Å². The molecule has 1 aromatic rings. The van der Waals surface area contributed by atoms with Gasteiger partial charge < -0.3 is 5.11 Å². The molecule has 0 unspecified atom stereocenters. The molecule has 0 aliphatic carbocycles. The van der Waals surface area contributed by atoms with Crippen molar-refractivity contribution in [1.82, 2.24) is 0 Å². The van der Waals surface area contributed by atoms with Crippen LogP contribution in [0.4, 0.5) is 0 Å². The van der Waals surface area contributed by atoms with Gasteiger partial charge in [0, 0.05) is 5.33 Å².